The van der Waals surface area contributed by atoms with Crippen LogP contribution < -0.4 is 5.32 Å². The summed E-state index contributed by atoms with van der Waals surface area (Å²) in [7, 11) is -2.65. The molecule has 2 aliphatic rings. The van der Waals surface area contributed by atoms with Crippen LogP contribution in [0.4, 0.5) is 26.3 Å². The third-order valence-electron chi connectivity index (χ3n) is 9.42. The van der Waals surface area contributed by atoms with E-state index in [9.17, 15) is 49.5 Å². The van der Waals surface area contributed by atoms with Gasteiger partial charge in [-0.05, 0) is 46.9 Å². The van der Waals surface area contributed by atoms with Crippen LogP contribution in [0.5, 0.6) is 0 Å². The SMILES string of the molecule is CNC1=C(N(C)CCN(Cc2cc(C3CC3)cc(C(C)(C)C)c2)C(=O)CN(Cc2ccccc2F)S(=O)(=O)c2c(F)c(F)c(F)c(F)c2F)C(O)C1=O. The quantitative estimate of drug-likeness (QED) is 0.132. The molecule has 286 valence electrons. The number of halogens is 6. The van der Waals surface area contributed by atoms with E-state index in [4.69, 9.17) is 0 Å². The molecule has 1 saturated carbocycles. The fraction of sp³-hybridized carbons (Fsp3) is 0.405. The van der Waals surface area contributed by atoms with E-state index in [0.717, 1.165) is 36.1 Å². The van der Waals surface area contributed by atoms with Gasteiger partial charge in [-0.15, -0.1) is 0 Å². The van der Waals surface area contributed by atoms with Crippen molar-refractivity contribution in [3.8, 4) is 0 Å². The lowest BCUT2D eigenvalue weighted by Gasteiger charge is -2.36. The van der Waals surface area contributed by atoms with Gasteiger partial charge in [-0.2, -0.15) is 4.31 Å². The predicted octanol–water partition coefficient (Wildman–Crippen LogP) is 5.22. The summed E-state index contributed by atoms with van der Waals surface area (Å²) in [5.41, 5.74) is 2.47. The van der Waals surface area contributed by atoms with Crippen molar-refractivity contribution in [1.82, 2.24) is 19.4 Å². The second kappa shape index (κ2) is 15.1. The molecular weight excluding hydrogens is 726 g/mol. The zero-order chi connectivity index (χ0) is 39.2. The number of nitrogens with zero attached hydrogens (tertiary/aromatic N) is 3. The molecule has 3 aromatic rings. The lowest BCUT2D eigenvalue weighted by atomic mass is 9.84. The Labute approximate surface area is 303 Å². The van der Waals surface area contributed by atoms with Crippen LogP contribution in [-0.2, 0) is 38.1 Å². The highest BCUT2D eigenvalue weighted by molar-refractivity contribution is 7.89. The first-order valence-corrected chi connectivity index (χ1v) is 18.2. The van der Waals surface area contributed by atoms with Gasteiger partial charge in [0.2, 0.25) is 27.5 Å². The zero-order valence-electron chi connectivity index (χ0n) is 29.7. The van der Waals surface area contributed by atoms with Gasteiger partial charge in [0.1, 0.15) is 11.5 Å². The predicted molar refractivity (Wildman–Crippen MR) is 182 cm³/mol. The Hall–Kier alpha value is -4.41. The molecule has 2 N–H and O–H groups in total. The summed E-state index contributed by atoms with van der Waals surface area (Å²) < 4.78 is 115. The lowest BCUT2D eigenvalue weighted by molar-refractivity contribution is -0.132. The number of carbonyl (C=O) groups is 2. The van der Waals surface area contributed by atoms with Crippen molar-refractivity contribution in [1.29, 1.82) is 0 Å². The third kappa shape index (κ3) is 8.09. The summed E-state index contributed by atoms with van der Waals surface area (Å²) >= 11 is 0. The minimum Gasteiger partial charge on any atom is -0.384 e. The van der Waals surface area contributed by atoms with Gasteiger partial charge in [-0.25, -0.2) is 34.8 Å². The lowest BCUT2D eigenvalue weighted by Crippen LogP contribution is -2.50. The first kappa shape index (κ1) is 39.8. The van der Waals surface area contributed by atoms with E-state index in [1.54, 1.807) is 7.05 Å². The Bertz CT molecular complexity index is 2050. The van der Waals surface area contributed by atoms with Crippen LogP contribution >= 0.6 is 0 Å². The molecule has 0 spiro atoms. The van der Waals surface area contributed by atoms with E-state index in [2.05, 4.69) is 11.4 Å². The maximum Gasteiger partial charge on any atom is 0.249 e. The van der Waals surface area contributed by atoms with Crippen LogP contribution in [0, 0.1) is 34.9 Å². The summed E-state index contributed by atoms with van der Waals surface area (Å²) in [6.07, 6.45) is 0.537. The smallest absolute Gasteiger partial charge is 0.249 e. The fourth-order valence-corrected chi connectivity index (χ4v) is 7.61. The van der Waals surface area contributed by atoms with Crippen LogP contribution in [0.2, 0.25) is 0 Å². The molecule has 0 radical (unpaired) electrons. The molecule has 0 bridgehead atoms. The molecule has 0 heterocycles. The molecule has 3 aromatic carbocycles. The molecule has 1 fully saturated rings. The van der Waals surface area contributed by atoms with E-state index < -0.39 is 80.7 Å². The minimum atomic E-state index is -5.71. The van der Waals surface area contributed by atoms with Crippen molar-refractivity contribution in [2.24, 2.45) is 0 Å². The molecule has 2 aliphatic carbocycles. The summed E-state index contributed by atoms with van der Waals surface area (Å²) in [6.45, 7) is 3.60. The Balaban J connectivity index is 1.56. The van der Waals surface area contributed by atoms with Gasteiger partial charge in [-0.1, -0.05) is 57.2 Å². The van der Waals surface area contributed by atoms with Gasteiger partial charge in [0, 0.05) is 45.8 Å². The Morgan fingerprint density at radius 3 is 2.08 bits per heavy atom. The maximum absolute atomic E-state index is 15.0. The topological polar surface area (TPSA) is 110 Å². The Morgan fingerprint density at radius 1 is 0.906 bits per heavy atom. The van der Waals surface area contributed by atoms with Crippen LogP contribution in [-0.4, -0.2) is 79.2 Å². The average Bonchev–Trinajstić information content (AvgIpc) is 3.96. The molecule has 1 amide bonds. The molecule has 0 aromatic heterocycles. The fourth-order valence-electron chi connectivity index (χ4n) is 6.13. The molecule has 0 aliphatic heterocycles. The molecule has 53 heavy (non-hydrogen) atoms. The van der Waals surface area contributed by atoms with Gasteiger partial charge < -0.3 is 20.2 Å². The normalized spacial score (nSPS) is 16.2. The average molecular weight is 767 g/mol. The Kier molecular flexibility index (Phi) is 11.4. The van der Waals surface area contributed by atoms with E-state index in [0.29, 0.717) is 11.5 Å². The third-order valence-corrected chi connectivity index (χ3v) is 11.2. The molecule has 1 unspecified atom stereocenters. The number of hydrogen-bond acceptors (Lipinski definition) is 7. The molecule has 5 rings (SSSR count). The number of ketones is 1. The van der Waals surface area contributed by atoms with Gasteiger partial charge in [0.05, 0.1) is 12.2 Å². The van der Waals surface area contributed by atoms with Crippen molar-refractivity contribution in [3.05, 3.63) is 111 Å². The highest BCUT2D eigenvalue weighted by Crippen LogP contribution is 2.42. The van der Waals surface area contributed by atoms with Crippen molar-refractivity contribution in [2.75, 3.05) is 33.7 Å². The van der Waals surface area contributed by atoms with E-state index in [-0.39, 0.29) is 46.3 Å². The summed E-state index contributed by atoms with van der Waals surface area (Å²) in [6, 6.07) is 10.6. The summed E-state index contributed by atoms with van der Waals surface area (Å²) in [5, 5.41) is 13.0. The number of nitrogens with one attached hydrogen (secondary N) is 1. The first-order chi connectivity index (χ1) is 24.8. The van der Waals surface area contributed by atoms with E-state index in [1.807, 2.05) is 32.9 Å². The zero-order valence-corrected chi connectivity index (χ0v) is 30.6. The number of aliphatic hydroxyl groups is 1. The van der Waals surface area contributed by atoms with Crippen LogP contribution in [0.25, 0.3) is 0 Å². The summed E-state index contributed by atoms with van der Waals surface area (Å²) in [4.78, 5) is 27.0. The second-order valence-corrected chi connectivity index (χ2v) is 16.1. The largest absolute Gasteiger partial charge is 0.384 e. The second-order valence-electron chi connectivity index (χ2n) is 14.3. The van der Waals surface area contributed by atoms with Crippen molar-refractivity contribution >= 4 is 21.7 Å². The van der Waals surface area contributed by atoms with Crippen molar-refractivity contribution in [3.63, 3.8) is 0 Å². The summed E-state index contributed by atoms with van der Waals surface area (Å²) in [5.74, 6) is -15.0. The molecule has 9 nitrogen and oxygen atoms in total. The number of sulfonamides is 1. The van der Waals surface area contributed by atoms with Crippen molar-refractivity contribution < 1.29 is 49.5 Å². The number of benzene rings is 3. The van der Waals surface area contributed by atoms with Crippen molar-refractivity contribution in [2.45, 2.75) is 69.0 Å². The highest BCUT2D eigenvalue weighted by Gasteiger charge is 2.41. The van der Waals surface area contributed by atoms with Gasteiger partial charge in [0.25, 0.3) is 0 Å². The van der Waals surface area contributed by atoms with Crippen LogP contribution in [0.3, 0.4) is 0 Å². The molecule has 1 atom stereocenters. The minimum absolute atomic E-state index is 0.00272. The first-order valence-electron chi connectivity index (χ1n) is 16.8. The van der Waals surface area contributed by atoms with Gasteiger partial charge >= 0.3 is 0 Å². The molecule has 0 saturated heterocycles. The number of rotatable bonds is 14. The molecule has 16 heteroatoms. The van der Waals surface area contributed by atoms with Crippen LogP contribution in [0.15, 0.2) is 58.8 Å². The van der Waals surface area contributed by atoms with E-state index >= 15 is 0 Å². The monoisotopic (exact) mass is 766 g/mol. The number of Topliss-reactive ketones (excluding diaryl/α,β-unsaturated/α-hetero) is 1. The number of carbonyl (C=O) groups excluding carboxylic acids is 2. The number of hydrogen-bond donors (Lipinski definition) is 2. The van der Waals surface area contributed by atoms with E-state index in [1.165, 1.54) is 29.0 Å². The van der Waals surface area contributed by atoms with Gasteiger partial charge in [-0.3, -0.25) is 9.59 Å². The molecular formula is C37H40F6N4O5S. The Morgan fingerprint density at radius 2 is 1.51 bits per heavy atom. The maximum atomic E-state index is 15.0. The van der Waals surface area contributed by atoms with Crippen LogP contribution in [0.1, 0.15) is 61.8 Å². The number of likely N-dealkylation sites (N-methyl/N-ethyl adjacent to an activating group) is 2. The standard InChI is InChI=1S/C37H40F6N4O5S/c1-37(2,3)24-15-20(14-23(16-24)21-10-11-21)17-46(13-12-45(5)33-32(44-4)34(49)35(33)50)26(48)19-47(18-22-8-6-7-9-25(22)38)53(51,52)36-30(42)28(40)27(39)29(41)31(36)43/h6-9,14-16,21,35,44,50H,10-13,17-19H2,1-5H3. The highest BCUT2D eigenvalue weighted by atomic mass is 32.2. The number of aliphatic hydroxyl groups excluding tert-OH is 1. The number of amides is 1. The van der Waals surface area contributed by atoms with Gasteiger partial charge in [0.15, 0.2) is 34.3 Å².